The lowest BCUT2D eigenvalue weighted by atomic mass is 9.96. The van der Waals surface area contributed by atoms with E-state index in [9.17, 15) is 4.57 Å². The highest BCUT2D eigenvalue weighted by molar-refractivity contribution is 7.70. The van der Waals surface area contributed by atoms with E-state index in [4.69, 9.17) is 16.3 Å². The molecule has 7 nitrogen and oxygen atoms in total. The van der Waals surface area contributed by atoms with Gasteiger partial charge in [-0.1, -0.05) is 29.8 Å². The smallest absolute Gasteiger partial charge is 0.229 e. The maximum atomic E-state index is 12.7. The summed E-state index contributed by atoms with van der Waals surface area (Å²) in [6.07, 6.45) is 5.09. The first-order valence-corrected chi connectivity index (χ1v) is 14.7. The van der Waals surface area contributed by atoms with Gasteiger partial charge in [0, 0.05) is 11.3 Å². The van der Waals surface area contributed by atoms with E-state index in [-0.39, 0.29) is 0 Å². The number of aromatic nitrogens is 2. The maximum absolute atomic E-state index is 12.7. The molecule has 1 unspecified atom stereocenters. The predicted octanol–water partition coefficient (Wildman–Crippen LogP) is 6.07. The van der Waals surface area contributed by atoms with Gasteiger partial charge in [0.2, 0.25) is 5.95 Å². The molecule has 0 amide bonds. The standard InChI is InChI=1S/C26H33ClN5O2P/c1-32(2)19-12-10-17(14-19)18-11-13-21(23(15-18)34-3)30-26-28-16-20(27)25(31-26)29-22-8-6-7-9-24(22)35(4,5)33/h6-9,11,13,15-17,19H,10,12,14H2,1-5H3,(H2,28,29,30,31)/t17?,19-/m1/s1. The third-order valence-electron chi connectivity index (χ3n) is 6.56. The zero-order valence-electron chi connectivity index (χ0n) is 20.9. The zero-order chi connectivity index (χ0) is 25.2. The van der Waals surface area contributed by atoms with E-state index in [1.807, 2.05) is 30.3 Å². The van der Waals surface area contributed by atoms with Crippen LogP contribution in [-0.2, 0) is 4.57 Å². The van der Waals surface area contributed by atoms with E-state index in [0.29, 0.717) is 34.4 Å². The fraction of sp³-hybridized carbons (Fsp3) is 0.385. The molecule has 0 aliphatic heterocycles. The molecule has 2 N–H and O–H groups in total. The highest BCUT2D eigenvalue weighted by atomic mass is 35.5. The van der Waals surface area contributed by atoms with Gasteiger partial charge in [0.1, 0.15) is 17.9 Å². The quantitative estimate of drug-likeness (QED) is 0.354. The summed E-state index contributed by atoms with van der Waals surface area (Å²) in [6, 6.07) is 14.4. The van der Waals surface area contributed by atoms with Crippen LogP contribution in [0.5, 0.6) is 5.75 Å². The second kappa shape index (κ2) is 10.6. The molecule has 1 aromatic heterocycles. The van der Waals surface area contributed by atoms with Crippen LogP contribution in [0.3, 0.4) is 0 Å². The number of rotatable bonds is 8. The van der Waals surface area contributed by atoms with Crippen molar-refractivity contribution >= 4 is 47.2 Å². The van der Waals surface area contributed by atoms with E-state index >= 15 is 0 Å². The topological polar surface area (TPSA) is 79.4 Å². The van der Waals surface area contributed by atoms with Crippen LogP contribution in [0.4, 0.5) is 23.1 Å². The van der Waals surface area contributed by atoms with Gasteiger partial charge < -0.3 is 24.8 Å². The van der Waals surface area contributed by atoms with Gasteiger partial charge in [-0.15, -0.1) is 0 Å². The van der Waals surface area contributed by atoms with Crippen molar-refractivity contribution in [2.45, 2.75) is 31.2 Å². The van der Waals surface area contributed by atoms with Crippen LogP contribution in [0.1, 0.15) is 30.7 Å². The summed E-state index contributed by atoms with van der Waals surface area (Å²) in [5.74, 6) is 2.08. The molecule has 1 heterocycles. The Morgan fingerprint density at radius 2 is 1.86 bits per heavy atom. The Morgan fingerprint density at radius 1 is 1.09 bits per heavy atom. The van der Waals surface area contributed by atoms with E-state index in [1.54, 1.807) is 26.6 Å². The third-order valence-corrected chi connectivity index (χ3v) is 8.39. The van der Waals surface area contributed by atoms with Crippen LogP contribution in [0.25, 0.3) is 0 Å². The minimum absolute atomic E-state index is 0.367. The molecular weight excluding hydrogens is 481 g/mol. The van der Waals surface area contributed by atoms with E-state index in [0.717, 1.165) is 23.2 Å². The van der Waals surface area contributed by atoms with Crippen molar-refractivity contribution in [1.82, 2.24) is 14.9 Å². The van der Waals surface area contributed by atoms with E-state index in [1.165, 1.54) is 18.4 Å². The van der Waals surface area contributed by atoms with Crippen LogP contribution in [0.2, 0.25) is 5.02 Å². The zero-order valence-corrected chi connectivity index (χ0v) is 22.5. The van der Waals surface area contributed by atoms with E-state index in [2.05, 4.69) is 51.7 Å². The van der Waals surface area contributed by atoms with Crippen molar-refractivity contribution in [2.75, 3.05) is 45.2 Å². The first kappa shape index (κ1) is 25.5. The summed E-state index contributed by atoms with van der Waals surface area (Å²) >= 11 is 6.39. The number of nitrogens with zero attached hydrogens (tertiary/aromatic N) is 3. The van der Waals surface area contributed by atoms with Crippen molar-refractivity contribution in [3.8, 4) is 5.75 Å². The fourth-order valence-electron chi connectivity index (χ4n) is 4.61. The molecular formula is C26H33ClN5O2P. The molecule has 2 atom stereocenters. The number of benzene rings is 2. The predicted molar refractivity (Wildman–Crippen MR) is 146 cm³/mol. The number of halogens is 1. The summed E-state index contributed by atoms with van der Waals surface area (Å²) in [5, 5.41) is 7.60. The summed E-state index contributed by atoms with van der Waals surface area (Å²) < 4.78 is 18.4. The fourth-order valence-corrected chi connectivity index (χ4v) is 5.90. The van der Waals surface area contributed by atoms with Gasteiger partial charge in [0.15, 0.2) is 5.82 Å². The first-order chi connectivity index (χ1) is 16.7. The molecule has 1 fully saturated rings. The van der Waals surface area contributed by atoms with Gasteiger partial charge >= 0.3 is 0 Å². The number of ether oxygens (including phenoxy) is 1. The molecule has 9 heteroatoms. The number of nitrogens with one attached hydrogen (secondary N) is 2. The Morgan fingerprint density at radius 3 is 2.54 bits per heavy atom. The Kier molecular flexibility index (Phi) is 7.70. The monoisotopic (exact) mass is 513 g/mol. The number of methoxy groups -OCH3 is 1. The minimum atomic E-state index is -2.49. The summed E-state index contributed by atoms with van der Waals surface area (Å²) in [7, 11) is 3.48. The normalized spacial score (nSPS) is 18.0. The molecule has 0 saturated heterocycles. The van der Waals surface area contributed by atoms with Gasteiger partial charge in [0.05, 0.1) is 24.7 Å². The lowest BCUT2D eigenvalue weighted by molar-refractivity contribution is 0.296. The van der Waals surface area contributed by atoms with Gasteiger partial charge in [-0.2, -0.15) is 4.98 Å². The molecule has 3 aromatic rings. The van der Waals surface area contributed by atoms with Crippen LogP contribution >= 0.6 is 18.7 Å². The van der Waals surface area contributed by atoms with Gasteiger partial charge in [0.25, 0.3) is 0 Å². The Labute approximate surface area is 212 Å². The van der Waals surface area contributed by atoms with Crippen molar-refractivity contribution in [3.05, 3.63) is 59.2 Å². The van der Waals surface area contributed by atoms with Crippen LogP contribution in [-0.4, -0.2) is 55.4 Å². The number of hydrogen-bond donors (Lipinski definition) is 2. The second-order valence-corrected chi connectivity index (χ2v) is 13.2. The largest absolute Gasteiger partial charge is 0.495 e. The summed E-state index contributed by atoms with van der Waals surface area (Å²) in [6.45, 7) is 3.48. The summed E-state index contributed by atoms with van der Waals surface area (Å²) in [5.41, 5.74) is 2.77. The first-order valence-electron chi connectivity index (χ1n) is 11.7. The molecule has 4 rings (SSSR count). The molecule has 1 aliphatic carbocycles. The lowest BCUT2D eigenvalue weighted by Gasteiger charge is -2.19. The molecule has 186 valence electrons. The number of para-hydroxylation sites is 1. The molecule has 2 aromatic carbocycles. The van der Waals surface area contributed by atoms with Crippen molar-refractivity contribution in [2.24, 2.45) is 0 Å². The van der Waals surface area contributed by atoms with E-state index < -0.39 is 7.14 Å². The maximum Gasteiger partial charge on any atom is 0.229 e. The molecule has 0 bridgehead atoms. The SMILES string of the molecule is COc1cc(C2CC[C@@H](N(C)C)C2)ccc1Nc1ncc(Cl)c(Nc2ccccc2P(C)(C)=O)n1. The Hall–Kier alpha value is -2.60. The molecule has 0 radical (unpaired) electrons. The third kappa shape index (κ3) is 5.97. The van der Waals surface area contributed by atoms with Gasteiger partial charge in [-0.3, -0.25) is 0 Å². The van der Waals surface area contributed by atoms with Crippen LogP contribution < -0.4 is 20.7 Å². The molecule has 0 spiro atoms. The van der Waals surface area contributed by atoms with Crippen molar-refractivity contribution < 1.29 is 9.30 Å². The van der Waals surface area contributed by atoms with Gasteiger partial charge in [-0.25, -0.2) is 4.98 Å². The average molecular weight is 514 g/mol. The summed E-state index contributed by atoms with van der Waals surface area (Å²) in [4.78, 5) is 11.2. The van der Waals surface area contributed by atoms with Crippen molar-refractivity contribution in [1.29, 1.82) is 0 Å². The Balaban J connectivity index is 1.56. The van der Waals surface area contributed by atoms with Crippen LogP contribution in [0, 0.1) is 0 Å². The average Bonchev–Trinajstić information content (AvgIpc) is 3.32. The lowest BCUT2D eigenvalue weighted by Crippen LogP contribution is -2.24. The Bertz CT molecular complexity index is 1250. The number of anilines is 4. The highest BCUT2D eigenvalue weighted by Gasteiger charge is 2.27. The molecule has 1 saturated carbocycles. The second-order valence-electron chi connectivity index (χ2n) is 9.60. The molecule has 35 heavy (non-hydrogen) atoms. The minimum Gasteiger partial charge on any atom is -0.495 e. The van der Waals surface area contributed by atoms with Crippen LogP contribution in [0.15, 0.2) is 48.7 Å². The molecule has 1 aliphatic rings. The van der Waals surface area contributed by atoms with Crippen molar-refractivity contribution in [3.63, 3.8) is 0 Å². The van der Waals surface area contributed by atoms with Gasteiger partial charge in [-0.05, 0) is 82.4 Å². The highest BCUT2D eigenvalue weighted by Crippen LogP contribution is 2.40. The number of hydrogen-bond acceptors (Lipinski definition) is 7.